The van der Waals surface area contributed by atoms with Gasteiger partial charge in [-0.2, -0.15) is 8.61 Å². The second-order valence-corrected chi connectivity index (χ2v) is 11.9. The summed E-state index contributed by atoms with van der Waals surface area (Å²) in [6, 6.07) is 6.04. The quantitative estimate of drug-likeness (QED) is 0.576. The molecule has 0 unspecified atom stereocenters. The molecule has 3 rings (SSSR count). The standard InChI is InChI=1S/C18H27ClN4O5S2/c1-2-29(25,26)22-11-7-20(8-12-22)15-18(24)21-9-13-23(14-10-21)30(27,28)17-5-3-16(19)4-6-17/h3-6H,2,7-15H2,1H3. The van der Waals surface area contributed by atoms with Gasteiger partial charge in [0.2, 0.25) is 26.0 Å². The Morgan fingerprint density at radius 3 is 1.93 bits per heavy atom. The normalized spacial score (nSPS) is 20.4. The van der Waals surface area contributed by atoms with Crippen LogP contribution in [0.4, 0.5) is 0 Å². The van der Waals surface area contributed by atoms with Crippen LogP contribution < -0.4 is 0 Å². The first-order valence-electron chi connectivity index (χ1n) is 9.87. The van der Waals surface area contributed by atoms with Crippen LogP contribution >= 0.6 is 11.6 Å². The van der Waals surface area contributed by atoms with Crippen LogP contribution in [0.5, 0.6) is 0 Å². The molecule has 1 amide bonds. The number of halogens is 1. The van der Waals surface area contributed by atoms with Gasteiger partial charge in [0.25, 0.3) is 0 Å². The summed E-state index contributed by atoms with van der Waals surface area (Å²) in [5, 5.41) is 0.470. The molecule has 30 heavy (non-hydrogen) atoms. The maximum absolute atomic E-state index is 12.7. The molecule has 9 nitrogen and oxygen atoms in total. The molecular formula is C18H27ClN4O5S2. The molecular weight excluding hydrogens is 452 g/mol. The molecule has 0 radical (unpaired) electrons. The Hall–Kier alpha value is -1.24. The average molecular weight is 479 g/mol. The lowest BCUT2D eigenvalue weighted by molar-refractivity contribution is -0.133. The topological polar surface area (TPSA) is 98.3 Å². The second kappa shape index (κ2) is 9.49. The zero-order chi connectivity index (χ0) is 21.9. The zero-order valence-corrected chi connectivity index (χ0v) is 19.3. The minimum atomic E-state index is -3.61. The van der Waals surface area contributed by atoms with Crippen LogP contribution in [0.2, 0.25) is 5.02 Å². The maximum Gasteiger partial charge on any atom is 0.243 e. The lowest BCUT2D eigenvalue weighted by atomic mass is 10.3. The van der Waals surface area contributed by atoms with Crippen molar-refractivity contribution in [3.8, 4) is 0 Å². The molecule has 2 fully saturated rings. The van der Waals surface area contributed by atoms with E-state index in [0.717, 1.165) is 0 Å². The first-order chi connectivity index (χ1) is 14.1. The van der Waals surface area contributed by atoms with E-state index < -0.39 is 20.0 Å². The first kappa shape index (κ1) is 23.4. The highest BCUT2D eigenvalue weighted by molar-refractivity contribution is 7.89. The molecule has 1 aromatic carbocycles. The molecule has 2 saturated heterocycles. The summed E-state index contributed by atoms with van der Waals surface area (Å²) in [6.07, 6.45) is 0. The summed E-state index contributed by atoms with van der Waals surface area (Å²) >= 11 is 5.83. The largest absolute Gasteiger partial charge is 0.339 e. The number of hydrogen-bond donors (Lipinski definition) is 0. The molecule has 0 aromatic heterocycles. The third-order valence-corrected chi connectivity index (χ3v) is 9.54. The van der Waals surface area contributed by atoms with Crippen molar-refractivity contribution in [1.82, 2.24) is 18.4 Å². The fourth-order valence-corrected chi connectivity index (χ4v) is 6.21. The Kier molecular flexibility index (Phi) is 7.41. The Balaban J connectivity index is 1.49. The molecule has 0 atom stereocenters. The van der Waals surface area contributed by atoms with E-state index in [4.69, 9.17) is 11.6 Å². The fourth-order valence-electron chi connectivity index (χ4n) is 3.57. The first-order valence-corrected chi connectivity index (χ1v) is 13.3. The van der Waals surface area contributed by atoms with Crippen LogP contribution in [0.15, 0.2) is 29.2 Å². The highest BCUT2D eigenvalue weighted by Gasteiger charge is 2.31. The van der Waals surface area contributed by atoms with E-state index in [9.17, 15) is 21.6 Å². The maximum atomic E-state index is 12.7. The zero-order valence-electron chi connectivity index (χ0n) is 16.9. The fraction of sp³-hybridized carbons (Fsp3) is 0.611. The lowest BCUT2D eigenvalue weighted by Gasteiger charge is -2.37. The van der Waals surface area contributed by atoms with Gasteiger partial charge in [-0.05, 0) is 31.2 Å². The van der Waals surface area contributed by atoms with Gasteiger partial charge >= 0.3 is 0 Å². The minimum absolute atomic E-state index is 0.0645. The van der Waals surface area contributed by atoms with E-state index >= 15 is 0 Å². The molecule has 2 aliphatic heterocycles. The summed E-state index contributed by atoms with van der Waals surface area (Å²) < 4.78 is 52.2. The van der Waals surface area contributed by atoms with Gasteiger partial charge in [0.1, 0.15) is 0 Å². The molecule has 0 N–H and O–H groups in total. The molecule has 168 valence electrons. The summed E-state index contributed by atoms with van der Waals surface area (Å²) in [5.41, 5.74) is 0. The Morgan fingerprint density at radius 2 is 1.40 bits per heavy atom. The highest BCUT2D eigenvalue weighted by Crippen LogP contribution is 2.20. The van der Waals surface area contributed by atoms with Gasteiger partial charge in [0.05, 0.1) is 17.2 Å². The summed E-state index contributed by atoms with van der Waals surface area (Å²) in [5.74, 6) is 0.0140. The number of sulfonamides is 2. The van der Waals surface area contributed by atoms with E-state index in [1.54, 1.807) is 24.0 Å². The number of carbonyl (C=O) groups is 1. The van der Waals surface area contributed by atoms with E-state index in [0.29, 0.717) is 44.3 Å². The molecule has 0 aliphatic carbocycles. The van der Waals surface area contributed by atoms with Crippen molar-refractivity contribution in [2.45, 2.75) is 11.8 Å². The molecule has 1 aromatic rings. The van der Waals surface area contributed by atoms with Gasteiger partial charge in [0.15, 0.2) is 0 Å². The molecule has 0 saturated carbocycles. The van der Waals surface area contributed by atoms with Gasteiger partial charge in [-0.3, -0.25) is 9.69 Å². The average Bonchev–Trinajstić information content (AvgIpc) is 2.74. The van der Waals surface area contributed by atoms with Gasteiger partial charge in [0, 0.05) is 57.4 Å². The smallest absolute Gasteiger partial charge is 0.243 e. The Labute approximate surface area is 183 Å². The summed E-state index contributed by atoms with van der Waals surface area (Å²) in [7, 11) is -6.81. The number of carbonyl (C=O) groups excluding carboxylic acids is 1. The van der Waals surface area contributed by atoms with Crippen LogP contribution in [0, 0.1) is 0 Å². The number of piperazine rings is 2. The van der Waals surface area contributed by atoms with Gasteiger partial charge in [-0.25, -0.2) is 16.8 Å². The van der Waals surface area contributed by atoms with Crippen molar-refractivity contribution in [1.29, 1.82) is 0 Å². The van der Waals surface area contributed by atoms with Crippen molar-refractivity contribution in [2.75, 3.05) is 64.7 Å². The molecule has 0 spiro atoms. The minimum Gasteiger partial charge on any atom is -0.339 e. The predicted octanol–water partition coefficient (Wildman–Crippen LogP) is 0.140. The molecule has 0 bridgehead atoms. The van der Waals surface area contributed by atoms with Crippen LogP contribution in [0.3, 0.4) is 0 Å². The van der Waals surface area contributed by atoms with Gasteiger partial charge in [-0.1, -0.05) is 11.6 Å². The van der Waals surface area contributed by atoms with E-state index in [2.05, 4.69) is 0 Å². The van der Waals surface area contributed by atoms with Crippen molar-refractivity contribution in [3.05, 3.63) is 29.3 Å². The highest BCUT2D eigenvalue weighted by atomic mass is 35.5. The third-order valence-electron chi connectivity index (χ3n) is 5.49. The number of benzene rings is 1. The van der Waals surface area contributed by atoms with Crippen LogP contribution in [-0.2, 0) is 24.8 Å². The Morgan fingerprint density at radius 1 is 0.867 bits per heavy atom. The van der Waals surface area contributed by atoms with E-state index in [1.165, 1.54) is 20.7 Å². The van der Waals surface area contributed by atoms with E-state index in [-0.39, 0.29) is 36.2 Å². The number of amides is 1. The SMILES string of the molecule is CCS(=O)(=O)N1CCN(CC(=O)N2CCN(S(=O)(=O)c3ccc(Cl)cc3)CC2)CC1. The third kappa shape index (κ3) is 5.32. The van der Waals surface area contributed by atoms with Gasteiger partial charge < -0.3 is 4.90 Å². The molecule has 12 heteroatoms. The summed E-state index contributed by atoms with van der Waals surface area (Å²) in [6.45, 7) is 4.75. The van der Waals surface area contributed by atoms with Crippen LogP contribution in [0.1, 0.15) is 6.92 Å². The second-order valence-electron chi connectivity index (χ2n) is 7.31. The number of hydrogen-bond acceptors (Lipinski definition) is 6. The lowest BCUT2D eigenvalue weighted by Crippen LogP contribution is -2.55. The predicted molar refractivity (Wildman–Crippen MR) is 114 cm³/mol. The van der Waals surface area contributed by atoms with Crippen molar-refractivity contribution in [2.24, 2.45) is 0 Å². The van der Waals surface area contributed by atoms with Crippen molar-refractivity contribution in [3.63, 3.8) is 0 Å². The summed E-state index contributed by atoms with van der Waals surface area (Å²) in [4.78, 5) is 16.4. The number of nitrogens with zero attached hydrogens (tertiary/aromatic N) is 4. The van der Waals surface area contributed by atoms with Gasteiger partial charge in [-0.15, -0.1) is 0 Å². The number of rotatable bonds is 6. The molecule has 2 heterocycles. The van der Waals surface area contributed by atoms with Crippen molar-refractivity contribution < 1.29 is 21.6 Å². The van der Waals surface area contributed by atoms with Crippen LogP contribution in [-0.4, -0.2) is 106 Å². The monoisotopic (exact) mass is 478 g/mol. The Bertz CT molecular complexity index is 953. The van der Waals surface area contributed by atoms with E-state index in [1.807, 2.05) is 4.90 Å². The molecule has 2 aliphatic rings. The van der Waals surface area contributed by atoms with Crippen molar-refractivity contribution >= 4 is 37.6 Å². The van der Waals surface area contributed by atoms with Crippen LogP contribution in [0.25, 0.3) is 0 Å².